The molecule has 0 aliphatic carbocycles. The van der Waals surface area contributed by atoms with Gasteiger partial charge >= 0.3 is 12.1 Å². The average Bonchev–Trinajstić information content (AvgIpc) is 2.88. The van der Waals surface area contributed by atoms with E-state index < -0.39 is 17.7 Å². The molecule has 0 radical (unpaired) electrons. The molecule has 1 N–H and O–H groups in total. The molecule has 26 heavy (non-hydrogen) atoms. The molecule has 0 aliphatic heterocycles. The molecule has 0 saturated carbocycles. The monoisotopic (exact) mass is 363 g/mol. The average molecular weight is 363 g/mol. The lowest BCUT2D eigenvalue weighted by Crippen LogP contribution is -2.34. The SMILES string of the molecule is CCOC(=O)c1oc2cccc(OCCNC(=O)OC(C)(C)C)c2c1C. The van der Waals surface area contributed by atoms with E-state index in [0.29, 0.717) is 22.3 Å². The van der Waals surface area contributed by atoms with Gasteiger partial charge in [-0.3, -0.25) is 0 Å². The van der Waals surface area contributed by atoms with Crippen LogP contribution in [0, 0.1) is 6.92 Å². The van der Waals surface area contributed by atoms with Gasteiger partial charge in [-0.15, -0.1) is 0 Å². The number of rotatable bonds is 6. The van der Waals surface area contributed by atoms with E-state index in [-0.39, 0.29) is 25.5 Å². The van der Waals surface area contributed by atoms with Gasteiger partial charge in [0.05, 0.1) is 18.5 Å². The number of amides is 1. The third-order valence-electron chi connectivity index (χ3n) is 3.40. The van der Waals surface area contributed by atoms with Crippen molar-refractivity contribution in [3.63, 3.8) is 0 Å². The molecule has 7 heteroatoms. The summed E-state index contributed by atoms with van der Waals surface area (Å²) in [5, 5.41) is 3.34. The lowest BCUT2D eigenvalue weighted by molar-refractivity contribution is 0.0488. The first-order valence-electron chi connectivity index (χ1n) is 8.52. The Morgan fingerprint density at radius 1 is 1.23 bits per heavy atom. The summed E-state index contributed by atoms with van der Waals surface area (Å²) in [4.78, 5) is 23.6. The number of hydrogen-bond acceptors (Lipinski definition) is 6. The molecular weight excluding hydrogens is 338 g/mol. The van der Waals surface area contributed by atoms with Crippen LogP contribution in [0.5, 0.6) is 5.75 Å². The summed E-state index contributed by atoms with van der Waals surface area (Å²) in [7, 11) is 0. The second-order valence-corrected chi connectivity index (χ2v) is 6.68. The predicted molar refractivity (Wildman–Crippen MR) is 96.6 cm³/mol. The van der Waals surface area contributed by atoms with Crippen LogP contribution in [0.1, 0.15) is 43.8 Å². The lowest BCUT2D eigenvalue weighted by atomic mass is 10.1. The quantitative estimate of drug-likeness (QED) is 0.620. The van der Waals surface area contributed by atoms with Crippen LogP contribution in [0.25, 0.3) is 11.0 Å². The molecule has 2 rings (SSSR count). The Kier molecular flexibility index (Phi) is 6.13. The minimum absolute atomic E-state index is 0.171. The van der Waals surface area contributed by atoms with E-state index in [1.165, 1.54) is 0 Å². The maximum Gasteiger partial charge on any atom is 0.407 e. The topological polar surface area (TPSA) is 87.0 Å². The highest BCUT2D eigenvalue weighted by Crippen LogP contribution is 2.33. The van der Waals surface area contributed by atoms with E-state index in [2.05, 4.69) is 5.32 Å². The molecule has 0 aliphatic rings. The van der Waals surface area contributed by atoms with Gasteiger partial charge in [0.2, 0.25) is 5.76 Å². The predicted octanol–water partition coefficient (Wildman–Crippen LogP) is 3.82. The second-order valence-electron chi connectivity index (χ2n) is 6.68. The van der Waals surface area contributed by atoms with Crippen LogP contribution in [0.3, 0.4) is 0 Å². The van der Waals surface area contributed by atoms with Gasteiger partial charge in [0.15, 0.2) is 0 Å². The standard InChI is InChI=1S/C19H25NO6/c1-6-23-17(21)16-12(2)15-13(8-7-9-14(15)25-16)24-11-10-20-18(22)26-19(3,4)5/h7-9H,6,10-11H2,1-5H3,(H,20,22). The Hall–Kier alpha value is -2.70. The smallest absolute Gasteiger partial charge is 0.407 e. The third kappa shape index (κ3) is 4.91. The van der Waals surface area contributed by atoms with E-state index in [1.54, 1.807) is 52.8 Å². The van der Waals surface area contributed by atoms with E-state index in [1.807, 2.05) is 0 Å². The molecule has 0 spiro atoms. The number of furan rings is 1. The molecule has 1 heterocycles. The van der Waals surface area contributed by atoms with Crippen molar-refractivity contribution < 1.29 is 28.2 Å². The number of alkyl carbamates (subject to hydrolysis) is 1. The number of aryl methyl sites for hydroxylation is 1. The minimum atomic E-state index is -0.548. The second kappa shape index (κ2) is 8.12. The van der Waals surface area contributed by atoms with Gasteiger partial charge in [-0.05, 0) is 46.8 Å². The first-order valence-corrected chi connectivity index (χ1v) is 8.52. The number of carbonyl (C=O) groups excluding carboxylic acids is 2. The molecule has 0 unspecified atom stereocenters. The zero-order valence-corrected chi connectivity index (χ0v) is 15.8. The Labute approximate surface area is 152 Å². The number of esters is 1. The summed E-state index contributed by atoms with van der Waals surface area (Å²) >= 11 is 0. The normalized spacial score (nSPS) is 11.3. The first-order chi connectivity index (χ1) is 12.2. The molecule has 1 amide bonds. The van der Waals surface area contributed by atoms with Crippen molar-refractivity contribution in [3.05, 3.63) is 29.5 Å². The van der Waals surface area contributed by atoms with Crippen LogP contribution < -0.4 is 10.1 Å². The van der Waals surface area contributed by atoms with Gasteiger partial charge in [0.1, 0.15) is 23.5 Å². The Bertz CT molecular complexity index is 787. The molecule has 0 saturated heterocycles. The van der Waals surface area contributed by atoms with Crippen molar-refractivity contribution in [2.75, 3.05) is 19.8 Å². The van der Waals surface area contributed by atoms with Crippen molar-refractivity contribution in [1.29, 1.82) is 0 Å². The highest BCUT2D eigenvalue weighted by Gasteiger charge is 2.21. The summed E-state index contributed by atoms with van der Waals surface area (Å²) in [6.07, 6.45) is -0.497. The van der Waals surface area contributed by atoms with Crippen LogP contribution >= 0.6 is 0 Å². The largest absolute Gasteiger partial charge is 0.491 e. The number of hydrogen-bond donors (Lipinski definition) is 1. The van der Waals surface area contributed by atoms with Crippen LogP contribution in [0.15, 0.2) is 22.6 Å². The summed E-state index contributed by atoms with van der Waals surface area (Å²) in [5.74, 6) is 0.244. The first kappa shape index (κ1) is 19.6. The summed E-state index contributed by atoms with van der Waals surface area (Å²) < 4.78 is 21.5. The van der Waals surface area contributed by atoms with Gasteiger partial charge in [0, 0.05) is 5.56 Å². The van der Waals surface area contributed by atoms with Crippen molar-refractivity contribution in [2.24, 2.45) is 0 Å². The zero-order valence-electron chi connectivity index (χ0n) is 15.8. The minimum Gasteiger partial charge on any atom is -0.491 e. The number of ether oxygens (including phenoxy) is 3. The van der Waals surface area contributed by atoms with Crippen LogP contribution in [0.2, 0.25) is 0 Å². The Morgan fingerprint density at radius 2 is 1.96 bits per heavy atom. The van der Waals surface area contributed by atoms with Crippen LogP contribution in [0.4, 0.5) is 4.79 Å². The third-order valence-corrected chi connectivity index (χ3v) is 3.40. The maximum atomic E-state index is 12.0. The van der Waals surface area contributed by atoms with E-state index in [9.17, 15) is 9.59 Å². The molecule has 1 aromatic heterocycles. The van der Waals surface area contributed by atoms with Gasteiger partial charge in [0.25, 0.3) is 0 Å². The van der Waals surface area contributed by atoms with Crippen molar-refractivity contribution >= 4 is 23.0 Å². The van der Waals surface area contributed by atoms with E-state index in [0.717, 1.165) is 0 Å². The molecular formula is C19H25NO6. The fraction of sp³-hybridized carbons (Fsp3) is 0.474. The van der Waals surface area contributed by atoms with Crippen molar-refractivity contribution in [2.45, 2.75) is 40.2 Å². The molecule has 142 valence electrons. The summed E-state index contributed by atoms with van der Waals surface area (Å²) in [6.45, 7) is 9.72. The van der Waals surface area contributed by atoms with E-state index in [4.69, 9.17) is 18.6 Å². The van der Waals surface area contributed by atoms with Gasteiger partial charge in [-0.1, -0.05) is 6.07 Å². The van der Waals surface area contributed by atoms with Crippen molar-refractivity contribution in [1.82, 2.24) is 5.32 Å². The van der Waals surface area contributed by atoms with Crippen molar-refractivity contribution in [3.8, 4) is 5.75 Å². The number of fused-ring (bicyclic) bond motifs is 1. The van der Waals surface area contributed by atoms with Crippen LogP contribution in [-0.4, -0.2) is 37.4 Å². The molecule has 7 nitrogen and oxygen atoms in total. The zero-order chi connectivity index (χ0) is 19.3. The maximum absolute atomic E-state index is 12.0. The van der Waals surface area contributed by atoms with Crippen LogP contribution in [-0.2, 0) is 9.47 Å². The fourth-order valence-corrected chi connectivity index (χ4v) is 2.41. The van der Waals surface area contributed by atoms with Gasteiger partial charge in [-0.2, -0.15) is 0 Å². The lowest BCUT2D eigenvalue weighted by Gasteiger charge is -2.19. The number of benzene rings is 1. The number of nitrogens with one attached hydrogen (secondary N) is 1. The van der Waals surface area contributed by atoms with Gasteiger partial charge in [-0.25, -0.2) is 9.59 Å². The molecule has 1 aromatic carbocycles. The highest BCUT2D eigenvalue weighted by atomic mass is 16.6. The Morgan fingerprint density at radius 3 is 2.62 bits per heavy atom. The molecule has 0 atom stereocenters. The molecule has 0 fully saturated rings. The van der Waals surface area contributed by atoms with Gasteiger partial charge < -0.3 is 23.9 Å². The highest BCUT2D eigenvalue weighted by molar-refractivity contribution is 5.98. The fourth-order valence-electron chi connectivity index (χ4n) is 2.41. The summed E-state index contributed by atoms with van der Waals surface area (Å²) in [6, 6.07) is 5.32. The summed E-state index contributed by atoms with van der Waals surface area (Å²) in [5.41, 5.74) is 0.658. The Balaban J connectivity index is 2.04. The number of carbonyl (C=O) groups is 2. The molecule has 2 aromatic rings. The molecule has 0 bridgehead atoms. The van der Waals surface area contributed by atoms with E-state index >= 15 is 0 Å².